The Labute approximate surface area is 842 Å². The molecule has 18 heterocycles. The molecular weight excluding hydrogens is 1930 g/mol. The molecule has 39 heteroatoms. The molecular formula is C106H102F4N22O9S4. The average molecular weight is 2030 g/mol. The number of amides is 4. The number of rotatable bonds is 17. The van der Waals surface area contributed by atoms with Gasteiger partial charge in [0.1, 0.15) is 41.6 Å². The highest BCUT2D eigenvalue weighted by molar-refractivity contribution is 7.25. The molecule has 0 unspecified atom stereocenters. The van der Waals surface area contributed by atoms with E-state index in [1.807, 2.05) is 184 Å². The van der Waals surface area contributed by atoms with Crippen LogP contribution in [0.1, 0.15) is 83.9 Å². The van der Waals surface area contributed by atoms with E-state index in [9.17, 15) is 38.4 Å². The molecule has 0 radical (unpaired) electrons. The highest BCUT2D eigenvalue weighted by atomic mass is 32.1. The lowest BCUT2D eigenvalue weighted by Crippen LogP contribution is -2.32. The predicted octanol–water partition coefficient (Wildman–Crippen LogP) is 14.3. The molecule has 0 aliphatic carbocycles. The maximum Gasteiger partial charge on any atom is 0.258 e. The van der Waals surface area contributed by atoms with Crippen molar-refractivity contribution in [3.05, 3.63) is 304 Å². The minimum absolute atomic E-state index is 0.00449. The van der Waals surface area contributed by atoms with Gasteiger partial charge in [0, 0.05) is 124 Å². The van der Waals surface area contributed by atoms with Gasteiger partial charge in [-0.15, -0.1) is 45.3 Å². The van der Waals surface area contributed by atoms with Gasteiger partial charge in [0.15, 0.2) is 69.1 Å². The Bertz CT molecular complexity index is 7900. The van der Waals surface area contributed by atoms with Gasteiger partial charge in [-0.1, -0.05) is 91.0 Å². The van der Waals surface area contributed by atoms with Crippen LogP contribution in [0.5, 0.6) is 0 Å². The van der Waals surface area contributed by atoms with Crippen LogP contribution < -0.4 is 62.6 Å². The number of nitrogens with zero attached hydrogens (tertiary/aromatic N) is 18. The van der Waals surface area contributed by atoms with Crippen molar-refractivity contribution in [1.82, 2.24) is 88.4 Å². The van der Waals surface area contributed by atoms with Crippen molar-refractivity contribution in [2.24, 2.45) is 0 Å². The lowest BCUT2D eigenvalue weighted by atomic mass is 10.1. The molecule has 23 rings (SSSR count). The summed E-state index contributed by atoms with van der Waals surface area (Å²) in [6.07, 6.45) is 8.53. The minimum atomic E-state index is -0.562. The molecule has 0 spiro atoms. The number of hydrogen-bond acceptors (Lipinski definition) is 27. The third-order valence-corrected chi connectivity index (χ3v) is 31.2. The number of halogens is 4. The molecule has 0 bridgehead atoms. The van der Waals surface area contributed by atoms with Gasteiger partial charge in [-0.05, 0) is 182 Å². The summed E-state index contributed by atoms with van der Waals surface area (Å²) in [6, 6.07) is 54.2. The highest BCUT2D eigenvalue weighted by Gasteiger charge is 2.34. The first kappa shape index (κ1) is 97.7. The number of nitrogens with one attached hydrogen (secondary N) is 4. The monoisotopic (exact) mass is 2030 g/mol. The quantitative estimate of drug-likeness (QED) is 0.0486. The summed E-state index contributed by atoms with van der Waals surface area (Å²) in [5.74, 6) is -3.31. The molecule has 742 valence electrons. The van der Waals surface area contributed by atoms with Crippen LogP contribution in [0.3, 0.4) is 0 Å². The zero-order valence-electron chi connectivity index (χ0n) is 80.1. The fraction of sp³-hybridized carbons (Fsp3) is 0.283. The standard InChI is InChI=1S/C28H26FN5O2S.2C27H25FN6O2S.C24H26FN5O3S/c1-32-12-7-13-33(15-14-32)26-20(29)16-19-24(35)23(27(36)30-17-18-8-3-2-4-9-18)28-34(25(19)31-26)21-10-5-6-11-22(21)37-28;1-32-10-5-11-33(13-12-32)25-19(28)14-18-23(35)22(26(36)30-16-17-6-4-9-29-15-17)27-34(24(18)31-25)20-7-2-3-8-21(20)37-27;1-32-11-6-12-33(14-13-32)25-19(28)15-18-23(35)22(26(36)30-16-17-7-4-5-10-29-17)27-34(24(18)31-25)20-8-2-3-9-21(20)37-27;1-28-9-5-10-29(12-11-28)22-16(25)14-15-20(31)19(23(32)26-8-13-33-2)24-30(21(15)27-22)17-6-3-4-7-18(17)34-24/h2-6,8-11,16H,7,12-15,17H2,1H3,(H,30,36);2-4,6-9,14-15H,5,10-13,16H2,1H3,(H,30,36);2-5,7-10,15H,6,11-14,16H2,1H3,(H,30,36);3-4,6-7,14H,5,8-13H2,1-2H3,(H,26,32). The Balaban J connectivity index is 0.000000118. The second kappa shape index (κ2) is 42.7. The first-order chi connectivity index (χ1) is 70.5. The number of para-hydroxylation sites is 4. The minimum Gasteiger partial charge on any atom is -0.383 e. The van der Waals surface area contributed by atoms with Crippen molar-refractivity contribution >= 4 is 197 Å². The number of benzene rings is 5. The van der Waals surface area contributed by atoms with Gasteiger partial charge in [0.25, 0.3) is 23.6 Å². The number of methoxy groups -OCH3 is 1. The fourth-order valence-electron chi connectivity index (χ4n) is 19.1. The van der Waals surface area contributed by atoms with Crippen molar-refractivity contribution in [3.8, 4) is 0 Å². The Morgan fingerprint density at radius 2 is 0.641 bits per heavy atom. The van der Waals surface area contributed by atoms with E-state index in [2.05, 4.69) is 72.0 Å². The summed E-state index contributed by atoms with van der Waals surface area (Å²) < 4.78 is 77.7. The topological polar surface area (TPSA) is 315 Å². The largest absolute Gasteiger partial charge is 0.383 e. The smallest absolute Gasteiger partial charge is 0.258 e. The van der Waals surface area contributed by atoms with Crippen LogP contribution in [0.25, 0.3) is 104 Å². The van der Waals surface area contributed by atoms with Gasteiger partial charge >= 0.3 is 0 Å². The summed E-state index contributed by atoms with van der Waals surface area (Å²) in [5, 5.41) is 11.6. The van der Waals surface area contributed by atoms with Crippen LogP contribution in [0, 0.1) is 23.3 Å². The number of aromatic nitrogens is 10. The van der Waals surface area contributed by atoms with Crippen LogP contribution >= 0.6 is 45.3 Å². The molecule has 31 nitrogen and oxygen atoms in total. The van der Waals surface area contributed by atoms with Crippen LogP contribution in [0.2, 0.25) is 0 Å². The Morgan fingerprint density at radius 3 is 0.959 bits per heavy atom. The molecule has 14 aromatic heterocycles. The van der Waals surface area contributed by atoms with Crippen LogP contribution in [-0.4, -0.2) is 244 Å². The summed E-state index contributed by atoms with van der Waals surface area (Å²) >= 11 is 5.42. The molecule has 5 aromatic carbocycles. The number of pyridine rings is 10. The van der Waals surface area contributed by atoms with Crippen molar-refractivity contribution < 1.29 is 41.5 Å². The highest BCUT2D eigenvalue weighted by Crippen LogP contribution is 2.39. The number of carbonyl (C=O) groups excluding carboxylic acids is 4. The third kappa shape index (κ3) is 19.8. The lowest BCUT2D eigenvalue weighted by Gasteiger charge is -2.22. The molecule has 4 aliphatic heterocycles. The van der Waals surface area contributed by atoms with E-state index in [-0.39, 0.29) is 93.2 Å². The van der Waals surface area contributed by atoms with Crippen LogP contribution in [0.4, 0.5) is 40.8 Å². The molecule has 19 aromatic rings. The second-order valence-electron chi connectivity index (χ2n) is 36.4. The van der Waals surface area contributed by atoms with Gasteiger partial charge in [0.2, 0.25) is 21.7 Å². The number of thiazole rings is 4. The number of carbonyl (C=O) groups is 4. The fourth-order valence-corrected chi connectivity index (χ4v) is 23.8. The second-order valence-corrected chi connectivity index (χ2v) is 40.5. The van der Waals surface area contributed by atoms with Crippen molar-refractivity contribution in [2.45, 2.75) is 45.3 Å². The van der Waals surface area contributed by atoms with E-state index in [0.29, 0.717) is 107 Å². The molecule has 4 saturated heterocycles. The van der Waals surface area contributed by atoms with Crippen molar-refractivity contribution in [3.63, 3.8) is 0 Å². The van der Waals surface area contributed by atoms with Gasteiger partial charge < -0.3 is 65.2 Å². The number of fused-ring (bicyclic) bond motifs is 20. The van der Waals surface area contributed by atoms with E-state index in [0.717, 1.165) is 130 Å². The summed E-state index contributed by atoms with van der Waals surface area (Å²) in [4.78, 5) is 154. The predicted molar refractivity (Wildman–Crippen MR) is 567 cm³/mol. The average Bonchev–Trinajstić information content (AvgIpc) is 1.61. The maximum atomic E-state index is 15.5. The van der Waals surface area contributed by atoms with Crippen molar-refractivity contribution in [1.29, 1.82) is 0 Å². The Kier molecular flexibility index (Phi) is 28.8. The van der Waals surface area contributed by atoms with Crippen molar-refractivity contribution in [2.75, 3.05) is 173 Å². The summed E-state index contributed by atoms with van der Waals surface area (Å²) in [5.41, 5.74) is 4.99. The summed E-state index contributed by atoms with van der Waals surface area (Å²) in [6.45, 7) is 13.5. The van der Waals surface area contributed by atoms with E-state index >= 15 is 17.6 Å². The molecule has 4 N–H and O–H groups in total. The zero-order valence-corrected chi connectivity index (χ0v) is 83.4. The normalized spacial score (nSPS) is 15.0. The molecule has 0 saturated carbocycles. The van der Waals surface area contributed by atoms with E-state index in [4.69, 9.17) is 24.7 Å². The van der Waals surface area contributed by atoms with Gasteiger partial charge in [-0.25, -0.2) is 37.5 Å². The first-order valence-electron chi connectivity index (χ1n) is 48.0. The van der Waals surface area contributed by atoms with Crippen LogP contribution in [0.15, 0.2) is 220 Å². The number of ether oxygens (including phenoxy) is 1. The Hall–Kier alpha value is -14.7. The lowest BCUT2D eigenvalue weighted by molar-refractivity contribution is 0.0932. The van der Waals surface area contributed by atoms with Gasteiger partial charge in [-0.2, -0.15) is 0 Å². The van der Waals surface area contributed by atoms with E-state index < -0.39 is 68.6 Å². The molecule has 4 aliphatic rings. The summed E-state index contributed by atoms with van der Waals surface area (Å²) in [7, 11) is 9.74. The Morgan fingerprint density at radius 1 is 0.338 bits per heavy atom. The number of hydrogen-bond donors (Lipinski definition) is 4. The van der Waals surface area contributed by atoms with E-state index in [1.165, 1.54) is 76.7 Å². The number of likely N-dealkylation sites (N-methyl/N-ethyl adjacent to an activating group) is 4. The van der Waals surface area contributed by atoms with Gasteiger partial charge in [0.05, 0.1) is 81.3 Å². The molecule has 4 amide bonds. The first-order valence-corrected chi connectivity index (χ1v) is 51.2. The molecule has 145 heavy (non-hydrogen) atoms. The SMILES string of the molecule is CN1CCCN(c2nc3c(cc2F)c(=O)c(C(=O)NCc2ccccc2)c2sc4ccccc4n23)CC1.CN1CCCN(c2nc3c(cc2F)c(=O)c(C(=O)NCc2ccccn2)c2sc4ccccc4n23)CC1.CN1CCCN(c2nc3c(cc2F)c(=O)c(C(=O)NCc2cccnc2)c2sc4ccccc4n23)CC1.COCCNC(=O)c1c(=O)c2cc(F)c(N3CCCN(C)CC3)nc2n2c1sc1ccccc12. The van der Waals surface area contributed by atoms with E-state index in [1.54, 1.807) is 36.8 Å². The maximum absolute atomic E-state index is 15.5. The number of anilines is 4. The van der Waals surface area contributed by atoms with Gasteiger partial charge in [-0.3, -0.25) is 65.9 Å². The molecule has 4 fully saturated rings. The third-order valence-electron chi connectivity index (χ3n) is 26.6. The van der Waals surface area contributed by atoms with Crippen LogP contribution in [-0.2, 0) is 24.4 Å². The molecule has 0 atom stereocenters. The zero-order chi connectivity index (χ0) is 100.